The zero-order valence-electron chi connectivity index (χ0n) is 11.7. The molecule has 1 N–H and O–H groups in total. The lowest BCUT2D eigenvalue weighted by atomic mass is 10.3. The summed E-state index contributed by atoms with van der Waals surface area (Å²) in [5.41, 5.74) is 1.89. The van der Waals surface area contributed by atoms with Crippen molar-refractivity contribution in [1.82, 2.24) is 19.6 Å². The molecule has 1 unspecified atom stereocenters. The topological polar surface area (TPSA) is 49.6 Å². The van der Waals surface area contributed by atoms with Crippen molar-refractivity contribution in [1.29, 1.82) is 0 Å². The molecule has 20 heavy (non-hydrogen) atoms. The minimum Gasteiger partial charge on any atom is -0.341 e. The van der Waals surface area contributed by atoms with Gasteiger partial charge in [0, 0.05) is 32.0 Å². The van der Waals surface area contributed by atoms with Gasteiger partial charge in [-0.1, -0.05) is 6.07 Å². The fraction of sp³-hybridized carbons (Fsp3) is 0.467. The first-order valence-corrected chi connectivity index (χ1v) is 7.19. The maximum atomic E-state index is 12.2. The number of hydrogen-bond acceptors (Lipinski definition) is 3. The van der Waals surface area contributed by atoms with E-state index in [0.717, 1.165) is 37.3 Å². The second kappa shape index (κ2) is 5.63. The van der Waals surface area contributed by atoms with Crippen LogP contribution in [0.25, 0.3) is 5.65 Å². The maximum absolute atomic E-state index is 12.2. The second-order valence-corrected chi connectivity index (χ2v) is 5.33. The van der Waals surface area contributed by atoms with Gasteiger partial charge in [-0.25, -0.2) is 4.98 Å². The van der Waals surface area contributed by atoms with E-state index in [1.54, 1.807) is 0 Å². The van der Waals surface area contributed by atoms with Gasteiger partial charge >= 0.3 is 0 Å². The van der Waals surface area contributed by atoms with Crippen LogP contribution in [0.3, 0.4) is 0 Å². The van der Waals surface area contributed by atoms with Gasteiger partial charge in [0.25, 0.3) is 0 Å². The number of amides is 1. The summed E-state index contributed by atoms with van der Waals surface area (Å²) in [6.07, 6.45) is 6.23. The molecule has 1 aliphatic rings. The predicted molar refractivity (Wildman–Crippen MR) is 77.3 cm³/mol. The molecule has 2 aromatic heterocycles. The molecule has 0 aromatic carbocycles. The summed E-state index contributed by atoms with van der Waals surface area (Å²) in [5, 5.41) is 3.27. The number of likely N-dealkylation sites (tertiary alicyclic amines) is 1. The molecular formula is C15H20N4O. The third-order valence-electron chi connectivity index (χ3n) is 3.79. The highest BCUT2D eigenvalue weighted by molar-refractivity contribution is 5.81. The van der Waals surface area contributed by atoms with Gasteiger partial charge in [0.05, 0.1) is 11.7 Å². The molecule has 1 aliphatic heterocycles. The average molecular weight is 272 g/mol. The molecule has 0 aliphatic carbocycles. The van der Waals surface area contributed by atoms with E-state index in [4.69, 9.17) is 0 Å². The maximum Gasteiger partial charge on any atom is 0.239 e. The highest BCUT2D eigenvalue weighted by Crippen LogP contribution is 2.09. The zero-order valence-corrected chi connectivity index (χ0v) is 11.7. The van der Waals surface area contributed by atoms with Gasteiger partial charge in [-0.05, 0) is 31.9 Å². The van der Waals surface area contributed by atoms with Crippen LogP contribution in [0.4, 0.5) is 0 Å². The number of rotatable bonds is 4. The van der Waals surface area contributed by atoms with Crippen molar-refractivity contribution in [2.45, 2.75) is 32.4 Å². The molecule has 1 amide bonds. The molecule has 0 spiro atoms. The number of nitrogens with one attached hydrogen (secondary N) is 1. The van der Waals surface area contributed by atoms with Crippen LogP contribution in [-0.4, -0.2) is 39.3 Å². The minimum absolute atomic E-state index is 0.155. The van der Waals surface area contributed by atoms with Gasteiger partial charge in [-0.3, -0.25) is 4.79 Å². The first-order chi connectivity index (χ1) is 9.74. The van der Waals surface area contributed by atoms with Crippen molar-refractivity contribution in [3.63, 3.8) is 0 Å². The summed E-state index contributed by atoms with van der Waals surface area (Å²) in [6, 6.07) is 5.77. The Kier molecular flexibility index (Phi) is 3.69. The standard InChI is InChI=1S/C15H20N4O/c1-12(15(20)18-7-4-5-8-18)16-10-13-11-19-9-3-2-6-14(19)17-13/h2-3,6,9,11-12,16H,4-5,7-8,10H2,1H3. The molecule has 5 heteroatoms. The molecule has 0 radical (unpaired) electrons. The van der Waals surface area contributed by atoms with Crippen molar-refractivity contribution >= 4 is 11.6 Å². The minimum atomic E-state index is -0.155. The van der Waals surface area contributed by atoms with Crippen LogP contribution >= 0.6 is 0 Å². The highest BCUT2D eigenvalue weighted by Gasteiger charge is 2.22. The van der Waals surface area contributed by atoms with Crippen LogP contribution in [0, 0.1) is 0 Å². The van der Waals surface area contributed by atoms with E-state index in [9.17, 15) is 4.79 Å². The van der Waals surface area contributed by atoms with Gasteiger partial charge in [0.2, 0.25) is 5.91 Å². The van der Waals surface area contributed by atoms with Crippen LogP contribution in [0.5, 0.6) is 0 Å². The lowest BCUT2D eigenvalue weighted by Gasteiger charge is -2.20. The lowest BCUT2D eigenvalue weighted by molar-refractivity contribution is -0.131. The molecule has 1 saturated heterocycles. The largest absolute Gasteiger partial charge is 0.341 e. The molecule has 106 valence electrons. The van der Waals surface area contributed by atoms with E-state index in [-0.39, 0.29) is 11.9 Å². The number of nitrogens with zero attached hydrogens (tertiary/aromatic N) is 3. The first-order valence-electron chi connectivity index (χ1n) is 7.19. The first kappa shape index (κ1) is 13.1. The number of imidazole rings is 1. The van der Waals surface area contributed by atoms with Gasteiger partial charge in [0.1, 0.15) is 5.65 Å². The number of hydrogen-bond donors (Lipinski definition) is 1. The summed E-state index contributed by atoms with van der Waals surface area (Å²) in [5.74, 6) is 0.200. The van der Waals surface area contributed by atoms with Crippen LogP contribution in [0.15, 0.2) is 30.6 Å². The van der Waals surface area contributed by atoms with Crippen molar-refractivity contribution in [3.05, 3.63) is 36.3 Å². The fourth-order valence-electron chi connectivity index (χ4n) is 2.63. The van der Waals surface area contributed by atoms with Crippen molar-refractivity contribution in [3.8, 4) is 0 Å². The molecule has 3 rings (SSSR count). The molecule has 5 nitrogen and oxygen atoms in total. The summed E-state index contributed by atoms with van der Waals surface area (Å²) in [6.45, 7) is 4.34. The second-order valence-electron chi connectivity index (χ2n) is 5.33. The molecule has 1 atom stereocenters. The monoisotopic (exact) mass is 272 g/mol. The number of carbonyl (C=O) groups excluding carboxylic acids is 1. The van der Waals surface area contributed by atoms with E-state index in [1.165, 1.54) is 0 Å². The summed E-state index contributed by atoms with van der Waals surface area (Å²) < 4.78 is 1.99. The molecule has 0 bridgehead atoms. The lowest BCUT2D eigenvalue weighted by Crippen LogP contribution is -2.43. The zero-order chi connectivity index (χ0) is 13.9. The molecule has 0 saturated carbocycles. The van der Waals surface area contributed by atoms with E-state index in [0.29, 0.717) is 6.54 Å². The van der Waals surface area contributed by atoms with Crippen molar-refractivity contribution in [2.24, 2.45) is 0 Å². The average Bonchev–Trinajstić information content (AvgIpc) is 3.12. The van der Waals surface area contributed by atoms with Crippen LogP contribution < -0.4 is 5.32 Å². The molecule has 2 aromatic rings. The molecule has 3 heterocycles. The van der Waals surface area contributed by atoms with E-state index >= 15 is 0 Å². The number of pyridine rings is 1. The van der Waals surface area contributed by atoms with Gasteiger partial charge in [-0.2, -0.15) is 0 Å². The highest BCUT2D eigenvalue weighted by atomic mass is 16.2. The SMILES string of the molecule is CC(NCc1cn2ccccc2n1)C(=O)N1CCCC1. The van der Waals surface area contributed by atoms with Crippen molar-refractivity contribution in [2.75, 3.05) is 13.1 Å². The quantitative estimate of drug-likeness (QED) is 0.916. The Morgan fingerprint density at radius 1 is 1.40 bits per heavy atom. The Bertz CT molecular complexity index is 568. The van der Waals surface area contributed by atoms with Gasteiger partial charge in [0.15, 0.2) is 0 Å². The third-order valence-corrected chi connectivity index (χ3v) is 3.79. The summed E-state index contributed by atoms with van der Waals surface area (Å²) in [7, 11) is 0. The predicted octanol–water partition coefficient (Wildman–Crippen LogP) is 1.43. The van der Waals surface area contributed by atoms with Crippen LogP contribution in [0.2, 0.25) is 0 Å². The van der Waals surface area contributed by atoms with Crippen molar-refractivity contribution < 1.29 is 4.79 Å². The Morgan fingerprint density at radius 2 is 2.20 bits per heavy atom. The number of aromatic nitrogens is 2. The van der Waals surface area contributed by atoms with E-state index in [1.807, 2.05) is 46.8 Å². The van der Waals surface area contributed by atoms with Crippen LogP contribution in [-0.2, 0) is 11.3 Å². The Labute approximate surface area is 118 Å². The Balaban J connectivity index is 1.59. The molecule has 1 fully saturated rings. The molecular weight excluding hydrogens is 252 g/mol. The normalized spacial score (nSPS) is 16.8. The summed E-state index contributed by atoms with van der Waals surface area (Å²) in [4.78, 5) is 18.6. The van der Waals surface area contributed by atoms with Crippen LogP contribution in [0.1, 0.15) is 25.5 Å². The van der Waals surface area contributed by atoms with E-state index < -0.39 is 0 Å². The Hall–Kier alpha value is -1.88. The smallest absolute Gasteiger partial charge is 0.239 e. The Morgan fingerprint density at radius 3 is 2.95 bits per heavy atom. The van der Waals surface area contributed by atoms with Gasteiger partial charge in [-0.15, -0.1) is 0 Å². The third kappa shape index (κ3) is 2.67. The fourth-order valence-corrected chi connectivity index (χ4v) is 2.63. The van der Waals surface area contributed by atoms with E-state index in [2.05, 4.69) is 10.3 Å². The summed E-state index contributed by atoms with van der Waals surface area (Å²) >= 11 is 0. The number of carbonyl (C=O) groups is 1. The number of fused-ring (bicyclic) bond motifs is 1. The van der Waals surface area contributed by atoms with Gasteiger partial charge < -0.3 is 14.6 Å².